The van der Waals surface area contributed by atoms with Crippen molar-refractivity contribution in [2.45, 2.75) is 12.7 Å². The maximum Gasteiger partial charge on any atom is 0.416 e. The van der Waals surface area contributed by atoms with Crippen molar-refractivity contribution in [1.29, 1.82) is 0 Å². The van der Waals surface area contributed by atoms with Crippen molar-refractivity contribution >= 4 is 5.69 Å². The van der Waals surface area contributed by atoms with Crippen LogP contribution in [-0.4, -0.2) is 0 Å². The molecule has 0 radical (unpaired) electrons. The lowest BCUT2D eigenvalue weighted by Crippen LogP contribution is -2.12. The number of alkyl halides is 3. The van der Waals surface area contributed by atoms with Gasteiger partial charge >= 0.3 is 6.18 Å². The van der Waals surface area contributed by atoms with Crippen LogP contribution in [0.3, 0.4) is 0 Å². The van der Waals surface area contributed by atoms with Crippen molar-refractivity contribution in [1.82, 2.24) is 0 Å². The fraction of sp³-hybridized carbons (Fsp3) is 0.250. The van der Waals surface area contributed by atoms with E-state index in [2.05, 4.69) is 0 Å². The number of nitrogen functional groups attached to an aromatic ring is 1. The van der Waals surface area contributed by atoms with E-state index in [9.17, 15) is 13.2 Å². The van der Waals surface area contributed by atoms with Crippen LogP contribution >= 0.6 is 0 Å². The van der Waals surface area contributed by atoms with Crippen LogP contribution < -0.4 is 11.5 Å². The molecule has 72 valence electrons. The van der Waals surface area contributed by atoms with Gasteiger partial charge < -0.3 is 11.5 Å². The predicted molar refractivity (Wildman–Crippen MR) is 43.7 cm³/mol. The van der Waals surface area contributed by atoms with E-state index in [1.165, 1.54) is 12.1 Å². The number of halogens is 3. The first-order valence-electron chi connectivity index (χ1n) is 3.61. The third-order valence-electron chi connectivity index (χ3n) is 1.65. The van der Waals surface area contributed by atoms with Gasteiger partial charge in [-0.2, -0.15) is 13.2 Å². The zero-order chi connectivity index (χ0) is 10.1. The number of nitrogens with two attached hydrogens (primary N) is 2. The summed E-state index contributed by atoms with van der Waals surface area (Å²) in [6.45, 7) is -0.167. The zero-order valence-electron chi connectivity index (χ0n) is 6.73. The predicted octanol–water partition coefficient (Wildman–Crippen LogP) is 1.75. The molecule has 0 fully saturated rings. The van der Waals surface area contributed by atoms with E-state index in [1.807, 2.05) is 0 Å². The van der Waals surface area contributed by atoms with Gasteiger partial charge in [0, 0.05) is 12.2 Å². The van der Waals surface area contributed by atoms with Crippen molar-refractivity contribution in [3.8, 4) is 0 Å². The normalized spacial score (nSPS) is 11.7. The Bertz CT molecular complexity index is 307. The summed E-state index contributed by atoms with van der Waals surface area (Å²) in [6.07, 6.45) is -4.36. The van der Waals surface area contributed by atoms with E-state index in [1.54, 1.807) is 0 Å². The summed E-state index contributed by atoms with van der Waals surface area (Å²) >= 11 is 0. The summed E-state index contributed by atoms with van der Waals surface area (Å²) in [7, 11) is 0. The average molecular weight is 190 g/mol. The van der Waals surface area contributed by atoms with Crippen LogP contribution in [0.25, 0.3) is 0 Å². The van der Waals surface area contributed by atoms with Gasteiger partial charge in [0.2, 0.25) is 0 Å². The van der Waals surface area contributed by atoms with Gasteiger partial charge in [0.1, 0.15) is 0 Å². The molecule has 2 nitrogen and oxygen atoms in total. The van der Waals surface area contributed by atoms with Crippen LogP contribution in [0.2, 0.25) is 0 Å². The van der Waals surface area contributed by atoms with Gasteiger partial charge in [-0.25, -0.2) is 0 Å². The molecule has 0 saturated heterocycles. The van der Waals surface area contributed by atoms with Crippen molar-refractivity contribution < 1.29 is 13.2 Å². The highest BCUT2D eigenvalue weighted by molar-refractivity contribution is 5.45. The second kappa shape index (κ2) is 3.26. The quantitative estimate of drug-likeness (QED) is 0.663. The molecule has 0 aliphatic rings. The van der Waals surface area contributed by atoms with Gasteiger partial charge in [-0.15, -0.1) is 0 Å². The Morgan fingerprint density at radius 2 is 1.85 bits per heavy atom. The van der Waals surface area contributed by atoms with Crippen molar-refractivity contribution in [2.75, 3.05) is 5.73 Å². The Labute approximate surface area is 73.3 Å². The van der Waals surface area contributed by atoms with E-state index in [0.29, 0.717) is 0 Å². The minimum absolute atomic E-state index is 0.0208. The molecule has 0 aliphatic carbocycles. The van der Waals surface area contributed by atoms with Gasteiger partial charge in [0.15, 0.2) is 0 Å². The van der Waals surface area contributed by atoms with E-state index in [0.717, 1.165) is 6.07 Å². The van der Waals surface area contributed by atoms with E-state index < -0.39 is 11.7 Å². The number of hydrogen-bond donors (Lipinski definition) is 2. The van der Waals surface area contributed by atoms with Gasteiger partial charge in [-0.05, 0) is 23.8 Å². The highest BCUT2D eigenvalue weighted by atomic mass is 19.4. The third kappa shape index (κ3) is 2.12. The van der Waals surface area contributed by atoms with Crippen LogP contribution in [-0.2, 0) is 12.7 Å². The Morgan fingerprint density at radius 1 is 1.23 bits per heavy atom. The fourth-order valence-electron chi connectivity index (χ4n) is 1.06. The highest BCUT2D eigenvalue weighted by Crippen LogP contribution is 2.32. The van der Waals surface area contributed by atoms with Gasteiger partial charge in [0.05, 0.1) is 5.56 Å². The van der Waals surface area contributed by atoms with Gasteiger partial charge in [-0.3, -0.25) is 0 Å². The zero-order valence-corrected chi connectivity index (χ0v) is 6.73. The Kier molecular flexibility index (Phi) is 2.47. The van der Waals surface area contributed by atoms with Crippen LogP contribution in [0.5, 0.6) is 0 Å². The van der Waals surface area contributed by atoms with E-state index in [-0.39, 0.29) is 17.8 Å². The summed E-state index contributed by atoms with van der Waals surface area (Å²) in [5.74, 6) is 0. The molecule has 5 heteroatoms. The molecule has 0 unspecified atom stereocenters. The molecule has 0 aromatic heterocycles. The molecule has 0 saturated carbocycles. The standard InChI is InChI=1S/C8H9F3N2/c9-8(10,11)7-2-1-6(13)3-5(7)4-12/h1-3H,4,12-13H2. The third-order valence-corrected chi connectivity index (χ3v) is 1.65. The summed E-state index contributed by atoms with van der Waals surface area (Å²) in [6, 6.07) is 3.39. The van der Waals surface area contributed by atoms with Gasteiger partial charge in [-0.1, -0.05) is 0 Å². The van der Waals surface area contributed by atoms with Crippen LogP contribution in [0.4, 0.5) is 18.9 Å². The van der Waals surface area contributed by atoms with Crippen LogP contribution in [0.15, 0.2) is 18.2 Å². The van der Waals surface area contributed by atoms with Crippen molar-refractivity contribution in [3.05, 3.63) is 29.3 Å². The fourth-order valence-corrected chi connectivity index (χ4v) is 1.06. The minimum Gasteiger partial charge on any atom is -0.399 e. The monoisotopic (exact) mass is 190 g/mol. The minimum atomic E-state index is -4.36. The van der Waals surface area contributed by atoms with Crippen LogP contribution in [0, 0.1) is 0 Å². The maximum atomic E-state index is 12.3. The SMILES string of the molecule is NCc1cc(N)ccc1C(F)(F)F. The summed E-state index contributed by atoms with van der Waals surface area (Å²) in [4.78, 5) is 0. The summed E-state index contributed by atoms with van der Waals surface area (Å²) < 4.78 is 36.8. The molecule has 0 aliphatic heterocycles. The first kappa shape index (κ1) is 9.85. The lowest BCUT2D eigenvalue weighted by atomic mass is 10.1. The van der Waals surface area contributed by atoms with Crippen molar-refractivity contribution in [3.63, 3.8) is 0 Å². The molecule has 1 aromatic carbocycles. The van der Waals surface area contributed by atoms with Gasteiger partial charge in [0.25, 0.3) is 0 Å². The topological polar surface area (TPSA) is 52.0 Å². The van der Waals surface area contributed by atoms with E-state index in [4.69, 9.17) is 11.5 Å². The summed E-state index contributed by atoms with van der Waals surface area (Å²) in [5, 5.41) is 0. The Balaban J connectivity index is 3.22. The smallest absolute Gasteiger partial charge is 0.399 e. The van der Waals surface area contributed by atoms with Crippen LogP contribution in [0.1, 0.15) is 11.1 Å². The highest BCUT2D eigenvalue weighted by Gasteiger charge is 2.32. The lowest BCUT2D eigenvalue weighted by Gasteiger charge is -2.11. The molecule has 0 spiro atoms. The lowest BCUT2D eigenvalue weighted by molar-refractivity contribution is -0.138. The Hall–Kier alpha value is -1.23. The molecule has 1 rings (SSSR count). The first-order chi connectivity index (χ1) is 5.95. The molecule has 1 aromatic rings. The molecular weight excluding hydrogens is 181 g/mol. The average Bonchev–Trinajstić information content (AvgIpc) is 2.01. The molecule has 0 amide bonds. The van der Waals surface area contributed by atoms with Crippen molar-refractivity contribution in [2.24, 2.45) is 5.73 Å². The van der Waals surface area contributed by atoms with E-state index >= 15 is 0 Å². The molecule has 13 heavy (non-hydrogen) atoms. The molecular formula is C8H9F3N2. The second-order valence-electron chi connectivity index (χ2n) is 2.62. The molecule has 0 heterocycles. The maximum absolute atomic E-state index is 12.3. The second-order valence-corrected chi connectivity index (χ2v) is 2.62. The number of benzene rings is 1. The summed E-state index contributed by atoms with van der Waals surface area (Å²) in [5.41, 5.74) is 10.1. The molecule has 0 bridgehead atoms. The number of hydrogen-bond acceptors (Lipinski definition) is 2. The number of rotatable bonds is 1. The molecule has 4 N–H and O–H groups in total. The largest absolute Gasteiger partial charge is 0.416 e. The molecule has 0 atom stereocenters. The number of anilines is 1. The first-order valence-corrected chi connectivity index (χ1v) is 3.61. The Morgan fingerprint density at radius 3 is 2.31 bits per heavy atom.